The van der Waals surface area contributed by atoms with Gasteiger partial charge in [0.05, 0.1) is 6.10 Å². The fourth-order valence-electron chi connectivity index (χ4n) is 2.62. The van der Waals surface area contributed by atoms with Crippen LogP contribution < -0.4 is 4.74 Å². The lowest BCUT2D eigenvalue weighted by Crippen LogP contribution is -2.24. The van der Waals surface area contributed by atoms with E-state index in [0.717, 1.165) is 30.1 Å². The number of hydrogen-bond donors (Lipinski definition) is 0. The Hall–Kier alpha value is -1.31. The van der Waals surface area contributed by atoms with Crippen LogP contribution in [0, 0.1) is 5.92 Å². The summed E-state index contributed by atoms with van der Waals surface area (Å²) in [5.74, 6) is 1.77. The summed E-state index contributed by atoms with van der Waals surface area (Å²) < 4.78 is 6.01. The van der Waals surface area contributed by atoms with E-state index in [4.69, 9.17) is 4.74 Å². The lowest BCUT2D eigenvalue weighted by atomic mass is 9.89. The van der Waals surface area contributed by atoms with Gasteiger partial charge in [0.1, 0.15) is 5.75 Å². The van der Waals surface area contributed by atoms with Crippen molar-refractivity contribution in [3.63, 3.8) is 0 Å². The molecule has 0 amide bonds. The highest BCUT2D eigenvalue weighted by Crippen LogP contribution is 2.27. The summed E-state index contributed by atoms with van der Waals surface area (Å²) in [5.41, 5.74) is 0.763. The zero-order valence-corrected chi connectivity index (χ0v) is 11.3. The molecule has 1 saturated carbocycles. The molecule has 2 heteroatoms. The highest BCUT2D eigenvalue weighted by molar-refractivity contribution is 5.96. The zero-order valence-electron chi connectivity index (χ0n) is 11.3. The summed E-state index contributed by atoms with van der Waals surface area (Å²) in [6.45, 7) is 4.17. The van der Waals surface area contributed by atoms with Gasteiger partial charge in [0.25, 0.3) is 0 Å². The van der Waals surface area contributed by atoms with Gasteiger partial charge in [-0.1, -0.05) is 32.4 Å². The average Bonchev–Trinajstić information content (AvgIpc) is 2.38. The van der Waals surface area contributed by atoms with Gasteiger partial charge in [-0.3, -0.25) is 4.79 Å². The van der Waals surface area contributed by atoms with Gasteiger partial charge in [-0.15, -0.1) is 0 Å². The van der Waals surface area contributed by atoms with Crippen molar-refractivity contribution >= 4 is 5.78 Å². The van der Waals surface area contributed by atoms with Crippen LogP contribution in [0.3, 0.4) is 0 Å². The van der Waals surface area contributed by atoms with Gasteiger partial charge < -0.3 is 4.74 Å². The first-order valence-corrected chi connectivity index (χ1v) is 6.99. The van der Waals surface area contributed by atoms with Crippen LogP contribution in [0.2, 0.25) is 0 Å². The molecule has 0 heterocycles. The molecule has 2 rings (SSSR count). The van der Waals surface area contributed by atoms with Crippen LogP contribution in [0.5, 0.6) is 5.75 Å². The maximum atomic E-state index is 11.7. The third-order valence-electron chi connectivity index (χ3n) is 3.67. The third-order valence-corrected chi connectivity index (χ3v) is 3.67. The van der Waals surface area contributed by atoms with Gasteiger partial charge >= 0.3 is 0 Å². The first-order valence-electron chi connectivity index (χ1n) is 6.99. The van der Waals surface area contributed by atoms with Gasteiger partial charge in [0.2, 0.25) is 0 Å². The van der Waals surface area contributed by atoms with Crippen molar-refractivity contribution in [2.75, 3.05) is 0 Å². The second-order valence-electron chi connectivity index (χ2n) is 5.32. The number of Topliss-reactive ketones (excluding diaryl/α,β-unsaturated/α-hetero) is 1. The van der Waals surface area contributed by atoms with Crippen molar-refractivity contribution in [3.05, 3.63) is 29.8 Å². The molecular formula is C16H22O2. The van der Waals surface area contributed by atoms with Gasteiger partial charge in [-0.25, -0.2) is 0 Å². The maximum Gasteiger partial charge on any atom is 0.162 e. The van der Waals surface area contributed by atoms with Crippen LogP contribution in [0.4, 0.5) is 0 Å². The SMILES string of the molecule is CCC(=O)c1cccc(OC2CCCC(C)C2)c1. The quantitative estimate of drug-likeness (QED) is 0.743. The Morgan fingerprint density at radius 3 is 2.94 bits per heavy atom. The summed E-state index contributed by atoms with van der Waals surface area (Å²) in [6, 6.07) is 7.60. The summed E-state index contributed by atoms with van der Waals surface area (Å²) >= 11 is 0. The summed E-state index contributed by atoms with van der Waals surface area (Å²) in [6.07, 6.45) is 5.69. The van der Waals surface area contributed by atoms with Crippen LogP contribution in [0.25, 0.3) is 0 Å². The molecule has 0 N–H and O–H groups in total. The van der Waals surface area contributed by atoms with E-state index in [1.54, 1.807) is 0 Å². The fraction of sp³-hybridized carbons (Fsp3) is 0.562. The molecule has 1 aromatic carbocycles. The van der Waals surface area contributed by atoms with Crippen molar-refractivity contribution in [1.29, 1.82) is 0 Å². The molecule has 0 bridgehead atoms. The maximum absolute atomic E-state index is 11.7. The summed E-state index contributed by atoms with van der Waals surface area (Å²) in [4.78, 5) is 11.7. The molecule has 1 fully saturated rings. The van der Waals surface area contributed by atoms with Crippen molar-refractivity contribution in [2.24, 2.45) is 5.92 Å². The van der Waals surface area contributed by atoms with Crippen LogP contribution >= 0.6 is 0 Å². The molecule has 2 atom stereocenters. The lowest BCUT2D eigenvalue weighted by Gasteiger charge is -2.27. The third kappa shape index (κ3) is 3.34. The Labute approximate surface area is 109 Å². The minimum absolute atomic E-state index is 0.178. The van der Waals surface area contributed by atoms with E-state index in [1.165, 1.54) is 12.8 Å². The molecule has 1 aliphatic rings. The molecule has 0 aliphatic heterocycles. The molecular weight excluding hydrogens is 224 g/mol. The van der Waals surface area contributed by atoms with Crippen LogP contribution in [0.1, 0.15) is 56.3 Å². The Bertz CT molecular complexity index is 411. The van der Waals surface area contributed by atoms with Crippen LogP contribution in [-0.4, -0.2) is 11.9 Å². The molecule has 2 unspecified atom stereocenters. The molecule has 0 aromatic heterocycles. The number of carbonyl (C=O) groups excluding carboxylic acids is 1. The van der Waals surface area contributed by atoms with Gasteiger partial charge in [0, 0.05) is 12.0 Å². The Morgan fingerprint density at radius 1 is 1.39 bits per heavy atom. The largest absolute Gasteiger partial charge is 0.490 e. The van der Waals surface area contributed by atoms with E-state index in [0.29, 0.717) is 12.5 Å². The topological polar surface area (TPSA) is 26.3 Å². The van der Waals surface area contributed by atoms with E-state index < -0.39 is 0 Å². The monoisotopic (exact) mass is 246 g/mol. The molecule has 98 valence electrons. The smallest absolute Gasteiger partial charge is 0.162 e. The van der Waals surface area contributed by atoms with Crippen molar-refractivity contribution in [3.8, 4) is 5.75 Å². The molecule has 1 aliphatic carbocycles. The summed E-state index contributed by atoms with van der Waals surface area (Å²) in [5, 5.41) is 0. The predicted octanol–water partition coefficient (Wildman–Crippen LogP) is 4.24. The van der Waals surface area contributed by atoms with Crippen LogP contribution in [0.15, 0.2) is 24.3 Å². The standard InChI is InChI=1S/C16H22O2/c1-3-16(17)13-7-5-9-15(11-13)18-14-8-4-6-12(2)10-14/h5,7,9,11-12,14H,3-4,6,8,10H2,1-2H3. The highest BCUT2D eigenvalue weighted by Gasteiger charge is 2.20. The second-order valence-corrected chi connectivity index (χ2v) is 5.32. The van der Waals surface area contributed by atoms with Crippen LogP contribution in [-0.2, 0) is 0 Å². The number of ether oxygens (including phenoxy) is 1. The minimum atomic E-state index is 0.178. The second kappa shape index (κ2) is 6.03. The Kier molecular flexibility index (Phi) is 4.40. The number of benzene rings is 1. The number of carbonyl (C=O) groups is 1. The lowest BCUT2D eigenvalue weighted by molar-refractivity contribution is 0.0985. The van der Waals surface area contributed by atoms with E-state index in [-0.39, 0.29) is 5.78 Å². The summed E-state index contributed by atoms with van der Waals surface area (Å²) in [7, 11) is 0. The number of hydrogen-bond acceptors (Lipinski definition) is 2. The van der Waals surface area contributed by atoms with E-state index >= 15 is 0 Å². The van der Waals surface area contributed by atoms with Crippen molar-refractivity contribution < 1.29 is 9.53 Å². The predicted molar refractivity (Wildman–Crippen MR) is 73.1 cm³/mol. The van der Waals surface area contributed by atoms with E-state index in [1.807, 2.05) is 31.2 Å². The van der Waals surface area contributed by atoms with Gasteiger partial charge in [0.15, 0.2) is 5.78 Å². The number of rotatable bonds is 4. The molecule has 1 aromatic rings. The normalized spacial score (nSPS) is 23.7. The van der Waals surface area contributed by atoms with Crippen molar-refractivity contribution in [1.82, 2.24) is 0 Å². The molecule has 0 saturated heterocycles. The zero-order chi connectivity index (χ0) is 13.0. The average molecular weight is 246 g/mol. The minimum Gasteiger partial charge on any atom is -0.490 e. The highest BCUT2D eigenvalue weighted by atomic mass is 16.5. The van der Waals surface area contributed by atoms with Crippen molar-refractivity contribution in [2.45, 2.75) is 52.1 Å². The van der Waals surface area contributed by atoms with Gasteiger partial charge in [-0.2, -0.15) is 0 Å². The molecule has 0 radical (unpaired) electrons. The van der Waals surface area contributed by atoms with E-state index in [9.17, 15) is 4.79 Å². The first-order chi connectivity index (χ1) is 8.69. The Balaban J connectivity index is 2.02. The van der Waals surface area contributed by atoms with E-state index in [2.05, 4.69) is 6.92 Å². The number of ketones is 1. The first kappa shape index (κ1) is 13.1. The molecule has 18 heavy (non-hydrogen) atoms. The molecule has 2 nitrogen and oxygen atoms in total. The van der Waals surface area contributed by atoms with Gasteiger partial charge in [-0.05, 0) is 37.3 Å². The molecule has 0 spiro atoms. The Morgan fingerprint density at radius 2 is 2.22 bits per heavy atom. The fourth-order valence-corrected chi connectivity index (χ4v) is 2.62.